The van der Waals surface area contributed by atoms with Gasteiger partial charge in [0.15, 0.2) is 0 Å². The Morgan fingerprint density at radius 1 is 1.19 bits per heavy atom. The quantitative estimate of drug-likeness (QED) is 0.665. The van der Waals surface area contributed by atoms with Crippen molar-refractivity contribution < 1.29 is 0 Å². The van der Waals surface area contributed by atoms with Gasteiger partial charge in [-0.3, -0.25) is 4.99 Å². The van der Waals surface area contributed by atoms with Gasteiger partial charge >= 0.3 is 0 Å². The standard InChI is InChI=1S/C16H21N3S2/c20-12-15-17-14(11-18-8-4-5-9-18)16(21)19(15)10-13-6-2-1-3-7-13/h1-3,6-7,14,20H,4-5,8-12H2. The highest BCUT2D eigenvalue weighted by atomic mass is 32.1. The lowest BCUT2D eigenvalue weighted by molar-refractivity contribution is 0.336. The summed E-state index contributed by atoms with van der Waals surface area (Å²) < 4.78 is 0. The van der Waals surface area contributed by atoms with Crippen LogP contribution in [-0.4, -0.2) is 52.1 Å². The maximum Gasteiger partial charge on any atom is 0.115 e. The first-order chi connectivity index (χ1) is 10.3. The first-order valence-corrected chi connectivity index (χ1v) is 8.57. The van der Waals surface area contributed by atoms with Crippen LogP contribution in [0.3, 0.4) is 0 Å². The first kappa shape index (κ1) is 15.0. The van der Waals surface area contributed by atoms with E-state index < -0.39 is 0 Å². The van der Waals surface area contributed by atoms with Crippen molar-refractivity contribution in [2.24, 2.45) is 4.99 Å². The molecule has 5 heteroatoms. The fourth-order valence-corrected chi connectivity index (χ4v) is 3.55. The van der Waals surface area contributed by atoms with Crippen LogP contribution in [-0.2, 0) is 6.54 Å². The van der Waals surface area contributed by atoms with Crippen LogP contribution in [0.1, 0.15) is 18.4 Å². The summed E-state index contributed by atoms with van der Waals surface area (Å²) in [5.74, 6) is 1.65. The van der Waals surface area contributed by atoms with Gasteiger partial charge in [0.05, 0.1) is 0 Å². The Bertz CT molecular complexity index is 524. The van der Waals surface area contributed by atoms with Crippen LogP contribution in [0.4, 0.5) is 0 Å². The molecule has 1 aromatic rings. The highest BCUT2D eigenvalue weighted by molar-refractivity contribution is 7.81. The van der Waals surface area contributed by atoms with Crippen molar-refractivity contribution >= 4 is 35.7 Å². The molecule has 3 rings (SSSR count). The predicted octanol–water partition coefficient (Wildman–Crippen LogP) is 2.62. The second-order valence-electron chi connectivity index (χ2n) is 5.64. The first-order valence-electron chi connectivity index (χ1n) is 7.53. The van der Waals surface area contributed by atoms with Crippen LogP contribution >= 0.6 is 24.8 Å². The van der Waals surface area contributed by atoms with Crippen molar-refractivity contribution in [1.29, 1.82) is 0 Å². The summed E-state index contributed by atoms with van der Waals surface area (Å²) in [6.45, 7) is 4.13. The second-order valence-corrected chi connectivity index (χ2v) is 6.37. The predicted molar refractivity (Wildman–Crippen MR) is 95.3 cm³/mol. The van der Waals surface area contributed by atoms with Crippen LogP contribution in [0.15, 0.2) is 35.3 Å². The van der Waals surface area contributed by atoms with E-state index in [2.05, 4.69) is 46.7 Å². The summed E-state index contributed by atoms with van der Waals surface area (Å²) in [6, 6.07) is 10.6. The molecule has 2 heterocycles. The maximum atomic E-state index is 5.69. The summed E-state index contributed by atoms with van der Waals surface area (Å²) in [7, 11) is 0. The summed E-state index contributed by atoms with van der Waals surface area (Å²) in [6.07, 6.45) is 2.60. The smallest absolute Gasteiger partial charge is 0.115 e. The minimum Gasteiger partial charge on any atom is -0.318 e. The zero-order chi connectivity index (χ0) is 14.7. The Kier molecular flexibility index (Phi) is 4.93. The van der Waals surface area contributed by atoms with E-state index in [0.29, 0.717) is 5.75 Å². The van der Waals surface area contributed by atoms with Crippen molar-refractivity contribution in [1.82, 2.24) is 9.80 Å². The average Bonchev–Trinajstić information content (AvgIpc) is 3.12. The molecule has 0 saturated carbocycles. The molecule has 0 radical (unpaired) electrons. The molecule has 2 aliphatic rings. The molecule has 0 aromatic heterocycles. The highest BCUT2D eigenvalue weighted by Crippen LogP contribution is 2.20. The normalized spacial score (nSPS) is 22.9. The van der Waals surface area contributed by atoms with Gasteiger partial charge in [0, 0.05) is 18.8 Å². The van der Waals surface area contributed by atoms with E-state index in [-0.39, 0.29) is 6.04 Å². The van der Waals surface area contributed by atoms with Crippen molar-refractivity contribution in [2.75, 3.05) is 25.4 Å². The highest BCUT2D eigenvalue weighted by Gasteiger charge is 2.31. The van der Waals surface area contributed by atoms with E-state index in [9.17, 15) is 0 Å². The Morgan fingerprint density at radius 3 is 2.57 bits per heavy atom. The molecular weight excluding hydrogens is 298 g/mol. The second kappa shape index (κ2) is 6.90. The molecule has 1 atom stereocenters. The Hall–Kier alpha value is -0.910. The maximum absolute atomic E-state index is 5.69. The van der Waals surface area contributed by atoms with Gasteiger partial charge in [-0.1, -0.05) is 42.5 Å². The van der Waals surface area contributed by atoms with Crippen LogP contribution < -0.4 is 0 Å². The zero-order valence-corrected chi connectivity index (χ0v) is 13.8. The number of thiol groups is 1. The molecule has 0 aliphatic carbocycles. The van der Waals surface area contributed by atoms with Gasteiger partial charge in [0.1, 0.15) is 16.9 Å². The van der Waals surface area contributed by atoms with Gasteiger partial charge in [0.25, 0.3) is 0 Å². The monoisotopic (exact) mass is 319 g/mol. The summed E-state index contributed by atoms with van der Waals surface area (Å²) >= 11 is 10.1. The largest absolute Gasteiger partial charge is 0.318 e. The average molecular weight is 319 g/mol. The third kappa shape index (κ3) is 3.47. The molecule has 112 valence electrons. The molecule has 0 N–H and O–H groups in total. The molecule has 1 fully saturated rings. The number of nitrogens with zero attached hydrogens (tertiary/aromatic N) is 3. The lowest BCUT2D eigenvalue weighted by Crippen LogP contribution is -2.38. The summed E-state index contributed by atoms with van der Waals surface area (Å²) in [5, 5.41) is 0. The van der Waals surface area contributed by atoms with Gasteiger partial charge in [-0.2, -0.15) is 12.6 Å². The summed E-state index contributed by atoms with van der Waals surface area (Å²) in [4.78, 5) is 10.4. The Labute approximate surface area is 137 Å². The number of hydrogen-bond donors (Lipinski definition) is 1. The minimum atomic E-state index is 0.129. The van der Waals surface area contributed by atoms with Gasteiger partial charge in [-0.25, -0.2) is 0 Å². The molecule has 1 aromatic carbocycles. The molecular formula is C16H21N3S2. The molecule has 0 spiro atoms. The SMILES string of the molecule is S=C1C(CN2CCCC2)N=C(CS)N1Cc1ccccc1. The van der Waals surface area contributed by atoms with E-state index in [0.717, 1.165) is 23.9 Å². The van der Waals surface area contributed by atoms with Crippen molar-refractivity contribution in [2.45, 2.75) is 25.4 Å². The molecule has 1 unspecified atom stereocenters. The van der Waals surface area contributed by atoms with E-state index in [1.165, 1.54) is 31.5 Å². The van der Waals surface area contributed by atoms with Crippen molar-refractivity contribution in [3.05, 3.63) is 35.9 Å². The van der Waals surface area contributed by atoms with Gasteiger partial charge in [-0.05, 0) is 31.5 Å². The third-order valence-electron chi connectivity index (χ3n) is 4.12. The molecule has 2 aliphatic heterocycles. The molecule has 1 saturated heterocycles. The number of rotatable bonds is 5. The van der Waals surface area contributed by atoms with Crippen molar-refractivity contribution in [3.8, 4) is 0 Å². The van der Waals surface area contributed by atoms with Crippen LogP contribution in [0.25, 0.3) is 0 Å². The van der Waals surface area contributed by atoms with E-state index in [1.807, 2.05) is 6.07 Å². The lowest BCUT2D eigenvalue weighted by Gasteiger charge is -2.23. The van der Waals surface area contributed by atoms with Crippen LogP contribution in [0, 0.1) is 0 Å². The van der Waals surface area contributed by atoms with E-state index in [4.69, 9.17) is 17.2 Å². The number of benzene rings is 1. The number of aliphatic imine (C=N–C) groups is 1. The lowest BCUT2D eigenvalue weighted by atomic mass is 10.2. The van der Waals surface area contributed by atoms with E-state index in [1.54, 1.807) is 0 Å². The molecule has 0 amide bonds. The fourth-order valence-electron chi connectivity index (χ4n) is 3.00. The fraction of sp³-hybridized carbons (Fsp3) is 0.500. The Morgan fingerprint density at radius 2 is 1.90 bits per heavy atom. The molecule has 3 nitrogen and oxygen atoms in total. The van der Waals surface area contributed by atoms with Gasteiger partial charge in [-0.15, -0.1) is 0 Å². The van der Waals surface area contributed by atoms with Crippen LogP contribution in [0.2, 0.25) is 0 Å². The van der Waals surface area contributed by atoms with E-state index >= 15 is 0 Å². The topological polar surface area (TPSA) is 18.8 Å². The number of hydrogen-bond acceptors (Lipinski definition) is 4. The number of thiocarbonyl (C=S) groups is 1. The molecule has 21 heavy (non-hydrogen) atoms. The van der Waals surface area contributed by atoms with Gasteiger partial charge < -0.3 is 9.80 Å². The van der Waals surface area contributed by atoms with Gasteiger partial charge in [0.2, 0.25) is 0 Å². The minimum absolute atomic E-state index is 0.129. The third-order valence-corrected chi connectivity index (χ3v) is 4.90. The number of amidine groups is 1. The summed E-state index contributed by atoms with van der Waals surface area (Å²) in [5.41, 5.74) is 1.26. The Balaban J connectivity index is 1.69. The van der Waals surface area contributed by atoms with Crippen molar-refractivity contribution in [3.63, 3.8) is 0 Å². The molecule has 0 bridgehead atoms. The zero-order valence-electron chi connectivity index (χ0n) is 12.1. The number of likely N-dealkylation sites (tertiary alicyclic amines) is 1. The van der Waals surface area contributed by atoms with Crippen LogP contribution in [0.5, 0.6) is 0 Å².